The molecule has 0 aliphatic rings. The van der Waals surface area contributed by atoms with Crippen LogP contribution >= 0.6 is 0 Å². The second kappa shape index (κ2) is 9.30. The number of nitrogen functional groups attached to an aromatic ring is 1. The van der Waals surface area contributed by atoms with E-state index in [0.717, 1.165) is 6.29 Å². The number of nitrogens with two attached hydrogens (primary N) is 1. The molecule has 0 saturated carbocycles. The van der Waals surface area contributed by atoms with E-state index < -0.39 is 0 Å². The molecule has 2 rings (SSSR count). The minimum Gasteiger partial charge on any atom is -0.494 e. The Morgan fingerprint density at radius 1 is 1.05 bits per heavy atom. The molecule has 0 radical (unpaired) electrons. The lowest BCUT2D eigenvalue weighted by molar-refractivity contribution is 0.112. The van der Waals surface area contributed by atoms with Crippen LogP contribution in [0, 0.1) is 0 Å². The van der Waals surface area contributed by atoms with E-state index in [1.807, 2.05) is 13.8 Å². The second-order valence-electron chi connectivity index (χ2n) is 3.89. The third-order valence-corrected chi connectivity index (χ3v) is 2.24. The predicted molar refractivity (Wildman–Crippen MR) is 80.6 cm³/mol. The van der Waals surface area contributed by atoms with Crippen LogP contribution in [-0.4, -0.2) is 29.5 Å². The molecule has 1 aromatic carbocycles. The summed E-state index contributed by atoms with van der Waals surface area (Å²) in [4.78, 5) is 17.9. The van der Waals surface area contributed by atoms with Crippen LogP contribution < -0.4 is 15.2 Å². The minimum atomic E-state index is 0.569. The van der Waals surface area contributed by atoms with Crippen molar-refractivity contribution in [3.8, 4) is 11.5 Å². The Morgan fingerprint density at radius 2 is 1.57 bits per heavy atom. The molecule has 6 nitrogen and oxygen atoms in total. The van der Waals surface area contributed by atoms with Gasteiger partial charge in [-0.3, -0.25) is 4.79 Å². The molecule has 0 spiro atoms. The maximum absolute atomic E-state index is 10.6. The molecular weight excluding hydrogens is 270 g/mol. The lowest BCUT2D eigenvalue weighted by Gasteiger charge is -2.07. The summed E-state index contributed by atoms with van der Waals surface area (Å²) in [6, 6.07) is 5.16. The van der Waals surface area contributed by atoms with Gasteiger partial charge in [-0.25, -0.2) is 9.97 Å². The van der Waals surface area contributed by atoms with Gasteiger partial charge in [0.1, 0.15) is 24.1 Å². The van der Waals surface area contributed by atoms with Crippen molar-refractivity contribution in [2.24, 2.45) is 0 Å². The highest BCUT2D eigenvalue weighted by atomic mass is 16.5. The Hall–Kier alpha value is -2.63. The van der Waals surface area contributed by atoms with Gasteiger partial charge in [0, 0.05) is 11.6 Å². The Kier molecular flexibility index (Phi) is 7.28. The summed E-state index contributed by atoms with van der Waals surface area (Å²) < 4.78 is 10.6. The molecule has 1 aromatic heterocycles. The topological polar surface area (TPSA) is 87.3 Å². The van der Waals surface area contributed by atoms with Crippen molar-refractivity contribution in [3.05, 3.63) is 42.5 Å². The molecule has 2 N–H and O–H groups in total. The molecular formula is C15H19N3O3. The van der Waals surface area contributed by atoms with Crippen LogP contribution in [-0.2, 0) is 0 Å². The molecule has 0 atom stereocenters. The number of carbonyl (C=O) groups excluding carboxylic acids is 1. The number of ether oxygens (including phenoxy) is 2. The molecule has 0 unspecified atom stereocenters. The lowest BCUT2D eigenvalue weighted by Crippen LogP contribution is -1.96. The number of aromatic nitrogens is 2. The number of anilines is 1. The van der Waals surface area contributed by atoms with Crippen molar-refractivity contribution >= 4 is 12.0 Å². The van der Waals surface area contributed by atoms with Crippen molar-refractivity contribution < 1.29 is 14.3 Å². The quantitative estimate of drug-likeness (QED) is 0.850. The summed E-state index contributed by atoms with van der Waals surface area (Å²) in [5, 5.41) is 0. The average molecular weight is 289 g/mol. The molecule has 1 heterocycles. The monoisotopic (exact) mass is 289 g/mol. The predicted octanol–water partition coefficient (Wildman–Crippen LogP) is 2.36. The zero-order valence-electron chi connectivity index (χ0n) is 12.2. The lowest BCUT2D eigenvalue weighted by atomic mass is 10.2. The Balaban J connectivity index is 0.000000262. The second-order valence-corrected chi connectivity index (χ2v) is 3.89. The van der Waals surface area contributed by atoms with Gasteiger partial charge in [-0.1, -0.05) is 0 Å². The Bertz CT molecular complexity index is 523. The van der Waals surface area contributed by atoms with Crippen LogP contribution in [0.4, 0.5) is 5.69 Å². The summed E-state index contributed by atoms with van der Waals surface area (Å²) in [5.74, 6) is 1.33. The van der Waals surface area contributed by atoms with Gasteiger partial charge in [0.05, 0.1) is 31.3 Å². The smallest absolute Gasteiger partial charge is 0.150 e. The fourth-order valence-electron chi connectivity index (χ4n) is 1.47. The van der Waals surface area contributed by atoms with E-state index in [0.29, 0.717) is 36.0 Å². The molecule has 0 fully saturated rings. The van der Waals surface area contributed by atoms with Gasteiger partial charge < -0.3 is 15.2 Å². The Labute approximate surface area is 123 Å². The van der Waals surface area contributed by atoms with Crippen molar-refractivity contribution in [1.29, 1.82) is 0 Å². The van der Waals surface area contributed by atoms with Crippen LogP contribution in [0.1, 0.15) is 24.2 Å². The third-order valence-electron chi connectivity index (χ3n) is 2.24. The van der Waals surface area contributed by atoms with Gasteiger partial charge in [-0.05, 0) is 26.0 Å². The number of rotatable bonds is 5. The van der Waals surface area contributed by atoms with Gasteiger partial charge in [-0.15, -0.1) is 0 Å². The van der Waals surface area contributed by atoms with Gasteiger partial charge in [0.15, 0.2) is 0 Å². The van der Waals surface area contributed by atoms with Crippen LogP contribution in [0.15, 0.2) is 36.9 Å². The zero-order valence-corrected chi connectivity index (χ0v) is 12.2. The molecule has 0 bridgehead atoms. The van der Waals surface area contributed by atoms with Crippen molar-refractivity contribution in [1.82, 2.24) is 9.97 Å². The van der Waals surface area contributed by atoms with Gasteiger partial charge >= 0.3 is 0 Å². The largest absolute Gasteiger partial charge is 0.494 e. The van der Waals surface area contributed by atoms with Crippen molar-refractivity contribution in [3.63, 3.8) is 0 Å². The minimum absolute atomic E-state index is 0.569. The molecule has 21 heavy (non-hydrogen) atoms. The van der Waals surface area contributed by atoms with E-state index in [2.05, 4.69) is 9.97 Å². The number of aldehydes is 1. The Morgan fingerprint density at radius 3 is 1.90 bits per heavy atom. The molecule has 0 amide bonds. The van der Waals surface area contributed by atoms with Crippen molar-refractivity contribution in [2.75, 3.05) is 18.9 Å². The third kappa shape index (κ3) is 6.38. The number of carbonyl (C=O) groups is 1. The summed E-state index contributed by atoms with van der Waals surface area (Å²) in [6.07, 6.45) is 5.32. The first kappa shape index (κ1) is 16.4. The first-order valence-corrected chi connectivity index (χ1v) is 6.56. The van der Waals surface area contributed by atoms with Crippen molar-refractivity contribution in [2.45, 2.75) is 13.8 Å². The highest BCUT2D eigenvalue weighted by molar-refractivity contribution is 5.76. The SMILES string of the molecule is CCOc1cc(C=O)cc(OCC)c1.Nc1cncnc1. The molecule has 6 heteroatoms. The molecule has 2 aromatic rings. The zero-order chi connectivity index (χ0) is 15.5. The van der Waals surface area contributed by atoms with Crippen LogP contribution in [0.2, 0.25) is 0 Å². The molecule has 0 aliphatic heterocycles. The van der Waals surface area contributed by atoms with E-state index >= 15 is 0 Å². The summed E-state index contributed by atoms with van der Waals surface area (Å²) in [6.45, 7) is 4.95. The fraction of sp³-hybridized carbons (Fsp3) is 0.267. The van der Waals surface area contributed by atoms with E-state index in [9.17, 15) is 4.79 Å². The van der Waals surface area contributed by atoms with E-state index in [1.165, 1.54) is 6.33 Å². The maximum Gasteiger partial charge on any atom is 0.150 e. The van der Waals surface area contributed by atoms with Crippen LogP contribution in [0.5, 0.6) is 11.5 Å². The first-order chi connectivity index (χ1) is 10.2. The van der Waals surface area contributed by atoms with Gasteiger partial charge in [-0.2, -0.15) is 0 Å². The molecule has 0 aliphatic carbocycles. The highest BCUT2D eigenvalue weighted by Crippen LogP contribution is 2.22. The van der Waals surface area contributed by atoms with Crippen LogP contribution in [0.25, 0.3) is 0 Å². The van der Waals surface area contributed by atoms with Gasteiger partial charge in [0.2, 0.25) is 0 Å². The van der Waals surface area contributed by atoms with E-state index in [1.54, 1.807) is 30.6 Å². The normalized spacial score (nSPS) is 9.24. The fourth-order valence-corrected chi connectivity index (χ4v) is 1.47. The number of hydrogen-bond acceptors (Lipinski definition) is 6. The number of benzene rings is 1. The van der Waals surface area contributed by atoms with E-state index in [4.69, 9.17) is 15.2 Å². The summed E-state index contributed by atoms with van der Waals surface area (Å²) in [5.41, 5.74) is 6.40. The summed E-state index contributed by atoms with van der Waals surface area (Å²) in [7, 11) is 0. The average Bonchev–Trinajstić information content (AvgIpc) is 2.49. The number of hydrogen-bond donors (Lipinski definition) is 1. The van der Waals surface area contributed by atoms with Crippen LogP contribution in [0.3, 0.4) is 0 Å². The first-order valence-electron chi connectivity index (χ1n) is 6.56. The summed E-state index contributed by atoms with van der Waals surface area (Å²) >= 11 is 0. The highest BCUT2D eigenvalue weighted by Gasteiger charge is 2.01. The maximum atomic E-state index is 10.6. The molecule has 112 valence electrons. The van der Waals surface area contributed by atoms with E-state index in [-0.39, 0.29) is 0 Å². The van der Waals surface area contributed by atoms with Gasteiger partial charge in [0.25, 0.3) is 0 Å². The standard InChI is InChI=1S/C11H14O3.C4H5N3/c1-3-13-10-5-9(8-12)6-11(7-10)14-4-2;5-4-1-6-3-7-2-4/h5-8H,3-4H2,1-2H3;1-3H,5H2. The molecule has 0 saturated heterocycles. The number of nitrogens with zero attached hydrogens (tertiary/aromatic N) is 2.